The van der Waals surface area contributed by atoms with Crippen molar-refractivity contribution in [3.05, 3.63) is 64.4 Å². The number of nitrogens with zero attached hydrogens (tertiary/aromatic N) is 1. The molecule has 1 unspecified atom stereocenters. The third-order valence-corrected chi connectivity index (χ3v) is 3.77. The minimum absolute atomic E-state index is 0.281. The van der Waals surface area contributed by atoms with Gasteiger partial charge in [0.2, 0.25) is 0 Å². The lowest BCUT2D eigenvalue weighted by molar-refractivity contribution is 0.310. The van der Waals surface area contributed by atoms with Gasteiger partial charge in [0.25, 0.3) is 0 Å². The summed E-state index contributed by atoms with van der Waals surface area (Å²) in [4.78, 5) is 4.22. The van der Waals surface area contributed by atoms with Crippen molar-refractivity contribution in [3.8, 4) is 0 Å². The number of hydrogen-bond donors (Lipinski definition) is 1. The number of halogens is 1. The van der Waals surface area contributed by atoms with E-state index in [1.54, 1.807) is 0 Å². The van der Waals surface area contributed by atoms with Crippen LogP contribution in [-0.2, 0) is 6.54 Å². The van der Waals surface area contributed by atoms with E-state index in [0.29, 0.717) is 6.04 Å². The molecule has 1 aromatic carbocycles. The van der Waals surface area contributed by atoms with Crippen molar-refractivity contribution in [3.63, 3.8) is 0 Å². The molecule has 2 rings (SSSR count). The fourth-order valence-corrected chi connectivity index (χ4v) is 2.81. The van der Waals surface area contributed by atoms with E-state index in [1.807, 2.05) is 12.4 Å². The van der Waals surface area contributed by atoms with Gasteiger partial charge in [-0.25, -0.2) is 0 Å². The van der Waals surface area contributed by atoms with Gasteiger partial charge >= 0.3 is 0 Å². The maximum absolute atomic E-state index is 4.22. The van der Waals surface area contributed by atoms with Crippen LogP contribution in [0.3, 0.4) is 0 Å². The van der Waals surface area contributed by atoms with Crippen LogP contribution in [0.1, 0.15) is 44.4 Å². The van der Waals surface area contributed by atoms with Crippen molar-refractivity contribution in [2.75, 3.05) is 0 Å². The Balaban J connectivity index is 2.09. The number of hydrogen-bond acceptors (Lipinski definition) is 2. The maximum Gasteiger partial charge on any atom is 0.0410 e. The van der Waals surface area contributed by atoms with Gasteiger partial charge in [-0.05, 0) is 45.0 Å². The zero-order valence-electron chi connectivity index (χ0n) is 12.9. The Morgan fingerprint density at radius 1 is 1.14 bits per heavy atom. The first-order valence-electron chi connectivity index (χ1n) is 7.32. The second-order valence-electron chi connectivity index (χ2n) is 6.62. The van der Waals surface area contributed by atoms with Gasteiger partial charge in [0.15, 0.2) is 0 Å². The Hall–Kier alpha value is -1.19. The van der Waals surface area contributed by atoms with Crippen LogP contribution >= 0.6 is 15.9 Å². The van der Waals surface area contributed by atoms with Gasteiger partial charge in [0.05, 0.1) is 0 Å². The molecule has 1 N–H and O–H groups in total. The second-order valence-corrected chi connectivity index (χ2v) is 7.54. The fraction of sp³-hybridized carbons (Fsp3) is 0.389. The molecule has 0 radical (unpaired) electrons. The second kappa shape index (κ2) is 7.19. The molecule has 0 saturated heterocycles. The van der Waals surface area contributed by atoms with E-state index in [2.05, 4.69) is 83.4 Å². The van der Waals surface area contributed by atoms with Crippen molar-refractivity contribution in [2.24, 2.45) is 5.41 Å². The van der Waals surface area contributed by atoms with Crippen molar-refractivity contribution in [1.29, 1.82) is 0 Å². The molecule has 1 atom stereocenters. The molecule has 2 nitrogen and oxygen atoms in total. The number of nitrogens with one attached hydrogen (secondary N) is 1. The first kappa shape index (κ1) is 16.2. The molecule has 2 aromatic rings. The molecule has 21 heavy (non-hydrogen) atoms. The number of aromatic nitrogens is 1. The van der Waals surface area contributed by atoms with Crippen molar-refractivity contribution in [2.45, 2.75) is 39.8 Å². The van der Waals surface area contributed by atoms with Gasteiger partial charge in [-0.3, -0.25) is 4.98 Å². The molecule has 3 heteroatoms. The molecule has 0 amide bonds. The number of rotatable bonds is 5. The lowest BCUT2D eigenvalue weighted by Crippen LogP contribution is -2.25. The highest BCUT2D eigenvalue weighted by molar-refractivity contribution is 9.10. The molecule has 0 aliphatic heterocycles. The van der Waals surface area contributed by atoms with Gasteiger partial charge in [-0.2, -0.15) is 0 Å². The molecule has 0 aliphatic rings. The van der Waals surface area contributed by atoms with E-state index in [0.717, 1.165) is 17.4 Å². The lowest BCUT2D eigenvalue weighted by atomic mass is 9.85. The van der Waals surface area contributed by atoms with Crippen LogP contribution < -0.4 is 5.32 Å². The summed E-state index contributed by atoms with van der Waals surface area (Å²) >= 11 is 3.47. The zero-order valence-corrected chi connectivity index (χ0v) is 14.5. The molecule has 112 valence electrons. The van der Waals surface area contributed by atoms with Crippen LogP contribution in [0.25, 0.3) is 0 Å². The highest BCUT2D eigenvalue weighted by Crippen LogP contribution is 2.29. The Bertz CT molecular complexity index is 561. The Morgan fingerprint density at radius 2 is 1.86 bits per heavy atom. The summed E-state index contributed by atoms with van der Waals surface area (Å²) in [5.41, 5.74) is 2.82. The van der Waals surface area contributed by atoms with Gasteiger partial charge in [-0.1, -0.05) is 51.1 Å². The predicted molar refractivity (Wildman–Crippen MR) is 92.0 cm³/mol. The van der Waals surface area contributed by atoms with Crippen molar-refractivity contribution < 1.29 is 0 Å². The van der Waals surface area contributed by atoms with Crippen molar-refractivity contribution >= 4 is 15.9 Å². The highest BCUT2D eigenvalue weighted by Gasteiger charge is 2.19. The van der Waals surface area contributed by atoms with Crippen LogP contribution in [0.2, 0.25) is 0 Å². The maximum atomic E-state index is 4.22. The first-order valence-corrected chi connectivity index (χ1v) is 8.11. The normalized spacial score (nSPS) is 13.1. The number of benzene rings is 1. The molecular weight excluding hydrogens is 324 g/mol. The van der Waals surface area contributed by atoms with Crippen molar-refractivity contribution in [1.82, 2.24) is 10.3 Å². The largest absolute Gasteiger partial charge is 0.306 e. The predicted octanol–water partition coefficient (Wildman–Crippen LogP) is 5.11. The summed E-state index contributed by atoms with van der Waals surface area (Å²) in [6.07, 6.45) is 4.82. The zero-order chi connectivity index (χ0) is 15.3. The Morgan fingerprint density at radius 3 is 2.48 bits per heavy atom. The molecule has 0 aliphatic carbocycles. The summed E-state index contributed by atoms with van der Waals surface area (Å²) in [5, 5.41) is 3.68. The van der Waals surface area contributed by atoms with E-state index < -0.39 is 0 Å². The van der Waals surface area contributed by atoms with E-state index in [-0.39, 0.29) is 5.41 Å². The molecular formula is C18H23BrN2. The van der Waals surface area contributed by atoms with E-state index in [1.165, 1.54) is 11.1 Å². The quantitative estimate of drug-likeness (QED) is 0.813. The van der Waals surface area contributed by atoms with Crippen LogP contribution in [0.5, 0.6) is 0 Å². The van der Waals surface area contributed by atoms with Gasteiger partial charge < -0.3 is 5.32 Å². The molecule has 0 bridgehead atoms. The Labute approximate surface area is 136 Å². The number of pyridine rings is 1. The highest BCUT2D eigenvalue weighted by atomic mass is 79.9. The molecule has 1 heterocycles. The molecule has 0 spiro atoms. The standard InChI is InChI=1S/C18H23BrN2/c1-18(2,3)10-17(15-7-5-4-6-8-15)21-12-14-9-16(19)13-20-11-14/h4-9,11,13,17,21H,10,12H2,1-3H3. The average Bonchev–Trinajstić information content (AvgIpc) is 2.43. The average molecular weight is 347 g/mol. The van der Waals surface area contributed by atoms with Crippen LogP contribution in [0.4, 0.5) is 0 Å². The third-order valence-electron chi connectivity index (χ3n) is 3.33. The van der Waals surface area contributed by atoms with E-state index >= 15 is 0 Å². The summed E-state index contributed by atoms with van der Waals surface area (Å²) in [6, 6.07) is 13.1. The minimum Gasteiger partial charge on any atom is -0.306 e. The van der Waals surface area contributed by atoms with Crippen LogP contribution in [-0.4, -0.2) is 4.98 Å². The van der Waals surface area contributed by atoms with Gasteiger partial charge in [0, 0.05) is 29.5 Å². The summed E-state index contributed by atoms with van der Waals surface area (Å²) in [5.74, 6) is 0. The topological polar surface area (TPSA) is 24.9 Å². The first-order chi connectivity index (χ1) is 9.94. The van der Waals surface area contributed by atoms with Gasteiger partial charge in [0.1, 0.15) is 0 Å². The van der Waals surface area contributed by atoms with E-state index in [9.17, 15) is 0 Å². The van der Waals surface area contributed by atoms with Crippen LogP contribution in [0, 0.1) is 5.41 Å². The molecule has 1 aromatic heterocycles. The smallest absolute Gasteiger partial charge is 0.0410 e. The summed E-state index contributed by atoms with van der Waals surface area (Å²) < 4.78 is 1.02. The van der Waals surface area contributed by atoms with Gasteiger partial charge in [-0.15, -0.1) is 0 Å². The lowest BCUT2D eigenvalue weighted by Gasteiger charge is -2.27. The summed E-state index contributed by atoms with van der Waals surface area (Å²) in [6.45, 7) is 7.67. The monoisotopic (exact) mass is 346 g/mol. The fourth-order valence-electron chi connectivity index (χ4n) is 2.40. The van der Waals surface area contributed by atoms with E-state index in [4.69, 9.17) is 0 Å². The molecule has 0 saturated carbocycles. The Kier molecular flexibility index (Phi) is 5.54. The molecule has 0 fully saturated rings. The third kappa shape index (κ3) is 5.60. The SMILES string of the molecule is CC(C)(C)CC(NCc1cncc(Br)c1)c1ccccc1. The summed E-state index contributed by atoms with van der Waals surface area (Å²) in [7, 11) is 0. The minimum atomic E-state index is 0.281. The van der Waals surface area contributed by atoms with Crippen LogP contribution in [0.15, 0.2) is 53.3 Å².